The van der Waals surface area contributed by atoms with E-state index in [1.807, 2.05) is 47.2 Å². The number of amides is 2. The number of unbranched alkanes of at least 4 members (excludes halogenated alkanes) is 1. The molecular weight excluding hydrogens is 314 g/mol. The summed E-state index contributed by atoms with van der Waals surface area (Å²) in [7, 11) is 1.88. The highest BCUT2D eigenvalue weighted by Gasteiger charge is 2.30. The van der Waals surface area contributed by atoms with Gasteiger partial charge in [0, 0.05) is 32.6 Å². The largest absolute Gasteiger partial charge is 0.346 e. The predicted molar refractivity (Wildman–Crippen MR) is 100.0 cm³/mol. The Morgan fingerprint density at radius 1 is 1.24 bits per heavy atom. The smallest absolute Gasteiger partial charge is 0.239 e. The van der Waals surface area contributed by atoms with Gasteiger partial charge >= 0.3 is 0 Å². The van der Waals surface area contributed by atoms with Crippen molar-refractivity contribution in [2.45, 2.75) is 45.1 Å². The van der Waals surface area contributed by atoms with Crippen LogP contribution in [0, 0.1) is 5.92 Å². The van der Waals surface area contributed by atoms with E-state index in [9.17, 15) is 9.59 Å². The number of benzene rings is 1. The molecule has 138 valence electrons. The summed E-state index contributed by atoms with van der Waals surface area (Å²) in [6.45, 7) is 4.19. The normalized spacial score (nSPS) is 16.5. The molecular formula is C20H31N3O2. The molecule has 1 saturated heterocycles. The fourth-order valence-electron chi connectivity index (χ4n) is 3.35. The third-order valence-corrected chi connectivity index (χ3v) is 4.99. The van der Waals surface area contributed by atoms with Crippen molar-refractivity contribution < 1.29 is 9.59 Å². The first kappa shape index (κ1) is 19.4. The van der Waals surface area contributed by atoms with Crippen molar-refractivity contribution in [3.8, 4) is 0 Å². The summed E-state index contributed by atoms with van der Waals surface area (Å²) in [6.07, 6.45) is 4.15. The molecule has 1 fully saturated rings. The van der Waals surface area contributed by atoms with Gasteiger partial charge in [-0.25, -0.2) is 0 Å². The number of carbonyl (C=O) groups is 2. The maximum Gasteiger partial charge on any atom is 0.239 e. The first-order valence-electron chi connectivity index (χ1n) is 9.36. The van der Waals surface area contributed by atoms with Crippen LogP contribution in [0.3, 0.4) is 0 Å². The molecule has 2 N–H and O–H groups in total. The highest BCUT2D eigenvalue weighted by molar-refractivity contribution is 5.83. The van der Waals surface area contributed by atoms with Gasteiger partial charge in [-0.3, -0.25) is 9.59 Å². The van der Waals surface area contributed by atoms with E-state index in [2.05, 4.69) is 6.92 Å². The summed E-state index contributed by atoms with van der Waals surface area (Å²) < 4.78 is 0. The first-order valence-corrected chi connectivity index (χ1v) is 9.36. The van der Waals surface area contributed by atoms with Crippen LogP contribution in [-0.2, 0) is 16.0 Å². The number of nitrogens with zero attached hydrogens (tertiary/aromatic N) is 2. The monoisotopic (exact) mass is 345 g/mol. The summed E-state index contributed by atoms with van der Waals surface area (Å²) in [5, 5.41) is 0. The Bertz CT molecular complexity index is 553. The van der Waals surface area contributed by atoms with Crippen LogP contribution in [0.4, 0.5) is 0 Å². The van der Waals surface area contributed by atoms with Crippen molar-refractivity contribution in [1.29, 1.82) is 0 Å². The van der Waals surface area contributed by atoms with Crippen molar-refractivity contribution >= 4 is 11.8 Å². The second-order valence-electron chi connectivity index (χ2n) is 7.01. The lowest BCUT2D eigenvalue weighted by atomic mass is 9.94. The van der Waals surface area contributed by atoms with E-state index in [4.69, 9.17) is 5.73 Å². The Morgan fingerprint density at radius 2 is 1.88 bits per heavy atom. The molecule has 0 aliphatic carbocycles. The van der Waals surface area contributed by atoms with Crippen LogP contribution >= 0.6 is 0 Å². The predicted octanol–water partition coefficient (Wildman–Crippen LogP) is 2.05. The van der Waals surface area contributed by atoms with E-state index in [1.165, 1.54) is 0 Å². The van der Waals surface area contributed by atoms with Gasteiger partial charge in [0.25, 0.3) is 0 Å². The van der Waals surface area contributed by atoms with Crippen LogP contribution in [0.25, 0.3) is 0 Å². The zero-order valence-electron chi connectivity index (χ0n) is 15.5. The Hall–Kier alpha value is -1.88. The molecule has 25 heavy (non-hydrogen) atoms. The number of rotatable bonds is 7. The lowest BCUT2D eigenvalue weighted by Gasteiger charge is -2.34. The van der Waals surface area contributed by atoms with E-state index in [-0.39, 0.29) is 17.7 Å². The third kappa shape index (κ3) is 5.56. The highest BCUT2D eigenvalue weighted by Crippen LogP contribution is 2.20. The molecule has 5 nitrogen and oxygen atoms in total. The van der Waals surface area contributed by atoms with E-state index in [1.54, 1.807) is 0 Å². The Morgan fingerprint density at radius 3 is 2.48 bits per heavy atom. The molecule has 1 aliphatic rings. The Balaban J connectivity index is 1.80. The molecule has 1 heterocycles. The number of likely N-dealkylation sites (tertiary alicyclic amines) is 1. The molecule has 0 saturated carbocycles. The molecule has 1 aliphatic heterocycles. The molecule has 1 aromatic carbocycles. The van der Waals surface area contributed by atoms with Gasteiger partial charge in [0.05, 0.1) is 6.04 Å². The lowest BCUT2D eigenvalue weighted by molar-refractivity contribution is -0.140. The molecule has 2 rings (SSSR count). The SMILES string of the molecule is CCCCN(C)C(=O)C1CCN(C(=O)C(N)Cc2ccccc2)CC1. The Labute approximate surface area is 151 Å². The zero-order chi connectivity index (χ0) is 18.2. The van der Waals surface area contributed by atoms with Crippen LogP contribution < -0.4 is 5.73 Å². The molecule has 1 aromatic rings. The van der Waals surface area contributed by atoms with Gasteiger partial charge in [-0.2, -0.15) is 0 Å². The van der Waals surface area contributed by atoms with Gasteiger partial charge in [-0.1, -0.05) is 43.7 Å². The van der Waals surface area contributed by atoms with E-state index < -0.39 is 6.04 Å². The molecule has 2 amide bonds. The van der Waals surface area contributed by atoms with Crippen LogP contribution in [0.1, 0.15) is 38.2 Å². The van der Waals surface area contributed by atoms with Crippen LogP contribution in [0.2, 0.25) is 0 Å². The van der Waals surface area contributed by atoms with Crippen LogP contribution in [0.5, 0.6) is 0 Å². The minimum absolute atomic E-state index is 0.00547. The van der Waals surface area contributed by atoms with Crippen molar-refractivity contribution in [3.05, 3.63) is 35.9 Å². The van der Waals surface area contributed by atoms with Gasteiger partial charge in [-0.05, 0) is 31.2 Å². The van der Waals surface area contributed by atoms with Gasteiger partial charge in [0.15, 0.2) is 0 Å². The summed E-state index contributed by atoms with van der Waals surface area (Å²) in [4.78, 5) is 28.7. The molecule has 0 aromatic heterocycles. The average molecular weight is 345 g/mol. The number of piperidine rings is 1. The van der Waals surface area contributed by atoms with Gasteiger partial charge < -0.3 is 15.5 Å². The number of hydrogen-bond donors (Lipinski definition) is 1. The lowest BCUT2D eigenvalue weighted by Crippen LogP contribution is -2.49. The minimum atomic E-state index is -0.512. The van der Waals surface area contributed by atoms with Crippen molar-refractivity contribution in [1.82, 2.24) is 9.80 Å². The van der Waals surface area contributed by atoms with Gasteiger partial charge in [0.1, 0.15) is 0 Å². The summed E-state index contributed by atoms with van der Waals surface area (Å²) in [5.41, 5.74) is 7.19. The molecule has 0 bridgehead atoms. The molecule has 1 unspecified atom stereocenters. The molecule has 0 spiro atoms. The molecule has 1 atom stereocenters. The minimum Gasteiger partial charge on any atom is -0.346 e. The van der Waals surface area contributed by atoms with Crippen molar-refractivity contribution in [2.75, 3.05) is 26.7 Å². The molecule has 0 radical (unpaired) electrons. The van der Waals surface area contributed by atoms with E-state index in [0.717, 1.165) is 37.8 Å². The summed E-state index contributed by atoms with van der Waals surface area (Å²) >= 11 is 0. The number of hydrogen-bond acceptors (Lipinski definition) is 3. The van der Waals surface area contributed by atoms with E-state index in [0.29, 0.717) is 19.5 Å². The quantitative estimate of drug-likeness (QED) is 0.822. The number of nitrogens with two attached hydrogens (primary N) is 1. The maximum absolute atomic E-state index is 12.6. The zero-order valence-corrected chi connectivity index (χ0v) is 15.5. The van der Waals surface area contributed by atoms with Crippen LogP contribution in [-0.4, -0.2) is 54.3 Å². The second-order valence-corrected chi connectivity index (χ2v) is 7.01. The van der Waals surface area contributed by atoms with Crippen LogP contribution in [0.15, 0.2) is 30.3 Å². The first-order chi connectivity index (χ1) is 12.0. The fraction of sp³-hybridized carbons (Fsp3) is 0.600. The maximum atomic E-state index is 12.6. The number of carbonyl (C=O) groups excluding carboxylic acids is 2. The summed E-state index contributed by atoms with van der Waals surface area (Å²) in [6, 6.07) is 9.34. The standard InChI is InChI=1S/C20H31N3O2/c1-3-4-12-22(2)19(24)17-10-13-23(14-11-17)20(25)18(21)15-16-8-6-5-7-9-16/h5-9,17-18H,3-4,10-15,21H2,1-2H3. The summed E-state index contributed by atoms with van der Waals surface area (Å²) in [5.74, 6) is 0.250. The third-order valence-electron chi connectivity index (χ3n) is 4.99. The fourth-order valence-corrected chi connectivity index (χ4v) is 3.35. The highest BCUT2D eigenvalue weighted by atomic mass is 16.2. The van der Waals surface area contributed by atoms with Gasteiger partial charge in [-0.15, -0.1) is 0 Å². The Kier molecular flexibility index (Phi) is 7.44. The van der Waals surface area contributed by atoms with Gasteiger partial charge in [0.2, 0.25) is 11.8 Å². The topological polar surface area (TPSA) is 66.6 Å². The second kappa shape index (κ2) is 9.56. The van der Waals surface area contributed by atoms with E-state index >= 15 is 0 Å². The average Bonchev–Trinajstić information content (AvgIpc) is 2.65. The molecule has 5 heteroatoms. The van der Waals surface area contributed by atoms with Crippen molar-refractivity contribution in [2.24, 2.45) is 11.7 Å². The van der Waals surface area contributed by atoms with Crippen molar-refractivity contribution in [3.63, 3.8) is 0 Å².